The van der Waals surface area contributed by atoms with Crippen molar-refractivity contribution in [1.29, 1.82) is 0 Å². The number of nitro benzene ring substituents is 1. The van der Waals surface area contributed by atoms with E-state index in [0.717, 1.165) is 39.1 Å². The Hall–Kier alpha value is -5.08. The molecule has 3 aromatic carbocycles. The maximum absolute atomic E-state index is 14.1. The number of amides is 3. The lowest BCUT2D eigenvalue weighted by Gasteiger charge is -2.31. The van der Waals surface area contributed by atoms with E-state index in [-0.39, 0.29) is 29.9 Å². The Bertz CT molecular complexity index is 2030. The number of ether oxygens (including phenoxy) is 1. The van der Waals surface area contributed by atoms with Crippen LogP contribution in [0.3, 0.4) is 0 Å². The van der Waals surface area contributed by atoms with E-state index in [1.807, 2.05) is 24.3 Å². The predicted molar refractivity (Wildman–Crippen MR) is 185 cm³/mol. The van der Waals surface area contributed by atoms with E-state index in [1.165, 1.54) is 41.0 Å². The molecular weight excluding hydrogens is 669 g/mol. The van der Waals surface area contributed by atoms with Gasteiger partial charge in [-0.25, -0.2) is 9.69 Å². The number of esters is 1. The number of nitrogens with one attached hydrogen (secondary N) is 1. The number of anilines is 2. The van der Waals surface area contributed by atoms with Gasteiger partial charge in [-0.2, -0.15) is 0 Å². The molecule has 2 aliphatic heterocycles. The smallest absolute Gasteiger partial charge is 0.338 e. The van der Waals surface area contributed by atoms with E-state index >= 15 is 0 Å². The molecule has 1 aromatic heterocycles. The van der Waals surface area contributed by atoms with Gasteiger partial charge in [-0.15, -0.1) is 0 Å². The second-order valence-corrected chi connectivity index (χ2v) is 14.8. The third-order valence-electron chi connectivity index (χ3n) is 8.49. The van der Waals surface area contributed by atoms with Crippen LogP contribution in [0.15, 0.2) is 82.6 Å². The first-order valence-corrected chi connectivity index (χ1v) is 17.2. The fourth-order valence-corrected chi connectivity index (χ4v) is 8.80. The van der Waals surface area contributed by atoms with Gasteiger partial charge < -0.3 is 10.1 Å². The molecule has 49 heavy (non-hydrogen) atoms. The summed E-state index contributed by atoms with van der Waals surface area (Å²) in [4.78, 5) is 78.8. The van der Waals surface area contributed by atoms with Crippen molar-refractivity contribution in [3.8, 4) is 0 Å². The Kier molecular flexibility index (Phi) is 9.03. The minimum absolute atomic E-state index is 0.138. The van der Waals surface area contributed by atoms with Gasteiger partial charge in [0.15, 0.2) is 0 Å². The summed E-state index contributed by atoms with van der Waals surface area (Å²) < 4.78 is 6.32. The maximum atomic E-state index is 14.1. The number of carbonyl (C=O) groups excluding carboxylic acids is 4. The molecule has 3 amide bonds. The van der Waals surface area contributed by atoms with Crippen LogP contribution in [0.2, 0.25) is 0 Å². The first kappa shape index (κ1) is 33.8. The summed E-state index contributed by atoms with van der Waals surface area (Å²) in [5, 5.41) is 13.5. The van der Waals surface area contributed by atoms with Gasteiger partial charge in [0.25, 0.3) is 5.69 Å². The van der Waals surface area contributed by atoms with Crippen molar-refractivity contribution in [2.24, 2.45) is 5.92 Å². The predicted octanol–water partition coefficient (Wildman–Crippen LogP) is 5.73. The molecule has 1 N–H and O–H groups in total. The molecule has 0 saturated carbocycles. The van der Waals surface area contributed by atoms with Crippen LogP contribution in [0.5, 0.6) is 0 Å². The summed E-state index contributed by atoms with van der Waals surface area (Å²) in [5.41, 5.74) is 2.45. The average Bonchev–Trinajstić information content (AvgIpc) is 3.51. The summed E-state index contributed by atoms with van der Waals surface area (Å²) in [5.74, 6) is -3.48. The van der Waals surface area contributed by atoms with E-state index in [1.54, 1.807) is 19.1 Å². The van der Waals surface area contributed by atoms with Gasteiger partial charge in [-0.3, -0.25) is 33.9 Å². The van der Waals surface area contributed by atoms with Crippen molar-refractivity contribution in [2.45, 2.75) is 55.8 Å². The molecule has 0 spiro atoms. The van der Waals surface area contributed by atoms with E-state index in [2.05, 4.69) is 26.1 Å². The Labute approximate surface area is 289 Å². The van der Waals surface area contributed by atoms with Crippen molar-refractivity contribution in [1.82, 2.24) is 4.57 Å². The molecule has 3 heterocycles. The van der Waals surface area contributed by atoms with Gasteiger partial charge in [-0.1, -0.05) is 68.1 Å². The molecule has 0 aliphatic carbocycles. The number of nitrogens with zero attached hydrogens (tertiary/aromatic N) is 3. The molecule has 3 atom stereocenters. The third kappa shape index (κ3) is 6.41. The minimum Gasteiger partial charge on any atom is -0.462 e. The SMILES string of the molecule is CCOC(=O)c1ccc(NC(=O)Cn2c3c(sc2=O)[C@H](c2ccc(C(C)(C)C)cc2)C2C(=O)N(c4ccc([N+](=O)[O-])cc4)C(=O)C2S3)cc1. The van der Waals surface area contributed by atoms with E-state index in [9.17, 15) is 34.1 Å². The third-order valence-corrected chi connectivity index (χ3v) is 11.1. The Morgan fingerprint density at radius 3 is 2.18 bits per heavy atom. The highest BCUT2D eigenvalue weighted by molar-refractivity contribution is 8.00. The molecule has 4 aromatic rings. The van der Waals surface area contributed by atoms with Crippen molar-refractivity contribution in [3.05, 3.63) is 114 Å². The number of hydrogen-bond donors (Lipinski definition) is 1. The maximum Gasteiger partial charge on any atom is 0.338 e. The quantitative estimate of drug-likeness (QED) is 0.105. The number of thiazole rings is 1. The monoisotopic (exact) mass is 700 g/mol. The highest BCUT2D eigenvalue weighted by atomic mass is 32.2. The number of non-ortho nitro benzene ring substituents is 1. The zero-order valence-corrected chi connectivity index (χ0v) is 28.6. The lowest BCUT2D eigenvalue weighted by atomic mass is 9.81. The van der Waals surface area contributed by atoms with E-state index < -0.39 is 50.6 Å². The van der Waals surface area contributed by atoms with E-state index in [4.69, 9.17) is 4.74 Å². The number of aromatic nitrogens is 1. The molecule has 2 aliphatic rings. The molecule has 6 rings (SSSR count). The normalized spacial score (nSPS) is 18.5. The van der Waals surface area contributed by atoms with Crippen LogP contribution in [0, 0.1) is 16.0 Å². The summed E-state index contributed by atoms with van der Waals surface area (Å²) in [6.07, 6.45) is 0. The zero-order chi connectivity index (χ0) is 35.2. The van der Waals surface area contributed by atoms with Crippen LogP contribution in [0.1, 0.15) is 60.0 Å². The highest BCUT2D eigenvalue weighted by Gasteiger charge is 2.57. The van der Waals surface area contributed by atoms with Gasteiger partial charge in [0.05, 0.1) is 33.7 Å². The summed E-state index contributed by atoms with van der Waals surface area (Å²) >= 11 is 2.02. The number of imide groups is 1. The van der Waals surface area contributed by atoms with Gasteiger partial charge >= 0.3 is 10.8 Å². The molecule has 0 bridgehead atoms. The van der Waals surface area contributed by atoms with Crippen molar-refractivity contribution in [2.75, 3.05) is 16.8 Å². The number of thioether (sulfide) groups is 1. The summed E-state index contributed by atoms with van der Waals surface area (Å²) in [6, 6.07) is 19.2. The fourth-order valence-electron chi connectivity index (χ4n) is 6.03. The second-order valence-electron chi connectivity index (χ2n) is 12.7. The van der Waals surface area contributed by atoms with Crippen molar-refractivity contribution < 1.29 is 28.8 Å². The van der Waals surface area contributed by atoms with Gasteiger partial charge in [-0.05, 0) is 59.9 Å². The number of rotatable bonds is 8. The summed E-state index contributed by atoms with van der Waals surface area (Å²) in [6.45, 7) is 7.84. The van der Waals surface area contributed by atoms with Crippen LogP contribution >= 0.6 is 23.1 Å². The Morgan fingerprint density at radius 2 is 1.59 bits per heavy atom. The first-order valence-electron chi connectivity index (χ1n) is 15.5. The van der Waals surface area contributed by atoms with Crippen LogP contribution in [0.25, 0.3) is 0 Å². The molecule has 1 saturated heterocycles. The van der Waals surface area contributed by atoms with Crippen molar-refractivity contribution >= 4 is 63.9 Å². The van der Waals surface area contributed by atoms with Gasteiger partial charge in [0, 0.05) is 28.6 Å². The van der Waals surface area contributed by atoms with Gasteiger partial charge in [0.1, 0.15) is 11.8 Å². The molecule has 1 fully saturated rings. The van der Waals surface area contributed by atoms with Gasteiger partial charge in [0.2, 0.25) is 17.7 Å². The van der Waals surface area contributed by atoms with Crippen LogP contribution in [0.4, 0.5) is 17.1 Å². The number of hydrogen-bond acceptors (Lipinski definition) is 10. The molecule has 12 nitrogen and oxygen atoms in total. The number of fused-ring (bicyclic) bond motifs is 2. The standard InChI is InChI=1S/C35H32N4O8S2/c1-5-47-33(43)20-8-12-22(13-9-20)36-25(40)18-37-32-29(49-34(37)44)26(19-6-10-21(11-7-19)35(2,3)4)27-28(48-32)31(42)38(30(27)41)23-14-16-24(17-15-23)39(45)46/h6-17,26-28H,5,18H2,1-4H3,(H,36,40)/t26-,27?,28?/m1/s1. The fraction of sp³-hybridized carbons (Fsp3) is 0.286. The Morgan fingerprint density at radius 1 is 0.939 bits per heavy atom. The van der Waals surface area contributed by atoms with Crippen molar-refractivity contribution in [3.63, 3.8) is 0 Å². The minimum atomic E-state index is -0.916. The number of nitro groups is 1. The number of carbonyl (C=O) groups is 4. The van der Waals surface area contributed by atoms with Crippen LogP contribution in [-0.2, 0) is 31.1 Å². The number of benzene rings is 3. The molecule has 252 valence electrons. The topological polar surface area (TPSA) is 158 Å². The second kappa shape index (κ2) is 13.1. The molecule has 2 unspecified atom stereocenters. The molecule has 14 heteroatoms. The average molecular weight is 701 g/mol. The highest BCUT2D eigenvalue weighted by Crippen LogP contribution is 2.54. The zero-order valence-electron chi connectivity index (χ0n) is 27.0. The lowest BCUT2D eigenvalue weighted by Crippen LogP contribution is -2.33. The van der Waals surface area contributed by atoms with Crippen LogP contribution in [-0.4, -0.2) is 45.0 Å². The molecular formula is C35H32N4O8S2. The largest absolute Gasteiger partial charge is 0.462 e. The first-order chi connectivity index (χ1) is 23.3. The summed E-state index contributed by atoms with van der Waals surface area (Å²) in [7, 11) is 0. The van der Waals surface area contributed by atoms with E-state index in [0.29, 0.717) is 21.2 Å². The van der Waals surface area contributed by atoms with Crippen LogP contribution < -0.4 is 15.1 Å². The Balaban J connectivity index is 1.35. The lowest BCUT2D eigenvalue weighted by molar-refractivity contribution is -0.384. The molecule has 0 radical (unpaired) electrons.